The van der Waals surface area contributed by atoms with Gasteiger partial charge in [0.25, 0.3) is 0 Å². The van der Waals surface area contributed by atoms with Gasteiger partial charge in [0.1, 0.15) is 0 Å². The average Bonchev–Trinajstić information content (AvgIpc) is 1.54. The van der Waals surface area contributed by atoms with Crippen LogP contribution < -0.4 is 9.80 Å². The maximum Gasteiger partial charge on any atom is 0.0541 e. The zero-order valence-corrected chi connectivity index (χ0v) is 74.8. The van der Waals surface area contributed by atoms with E-state index in [0.29, 0.717) is 0 Å². The quantitative estimate of drug-likeness (QED) is 0.0851. The van der Waals surface area contributed by atoms with E-state index in [4.69, 9.17) is 0 Å². The van der Waals surface area contributed by atoms with Crippen molar-refractivity contribution in [2.45, 2.75) is 0 Å². The van der Waals surface area contributed by atoms with E-state index >= 15 is 0 Å². The second kappa shape index (κ2) is 35.7. The minimum Gasteiger partial charge on any atom is -0.311 e. The summed E-state index contributed by atoms with van der Waals surface area (Å²) in [6.45, 7) is 0. The topological polar surface area (TPSA) is 16.3 Å². The lowest BCUT2D eigenvalue weighted by Gasteiger charge is -2.26. The molecular weight excluding hydrogens is 1640 g/mol. The fraction of sp³-hybridized carbons (Fsp3) is 0. The van der Waals surface area contributed by atoms with Gasteiger partial charge in [-0.15, -0.1) is 0 Å². The molecule has 4 nitrogen and oxygen atoms in total. The molecule has 0 radical (unpaired) electrons. The minimum absolute atomic E-state index is 1.10. The van der Waals surface area contributed by atoms with Gasteiger partial charge >= 0.3 is 0 Å². The molecule has 25 aromatic rings. The molecule has 0 N–H and O–H groups in total. The zero-order chi connectivity index (χ0) is 90.2. The molecule has 0 spiro atoms. The minimum atomic E-state index is 1.10. The molecule has 0 fully saturated rings. The summed E-state index contributed by atoms with van der Waals surface area (Å²) in [6.07, 6.45) is 0. The molecule has 0 aliphatic heterocycles. The number of hydrogen-bond acceptors (Lipinski definition) is 2. The maximum atomic E-state index is 2.37. The van der Waals surface area contributed by atoms with E-state index in [-0.39, 0.29) is 0 Å². The van der Waals surface area contributed by atoms with E-state index < -0.39 is 0 Å². The predicted octanol–water partition coefficient (Wildman–Crippen LogP) is 36.6. The monoisotopic (exact) mass is 1730 g/mol. The third-order valence-corrected chi connectivity index (χ3v) is 27.1. The van der Waals surface area contributed by atoms with E-state index in [1.54, 1.807) is 0 Å². The Kier molecular flexibility index (Phi) is 21.4. The summed E-state index contributed by atoms with van der Waals surface area (Å²) in [5.74, 6) is 0. The maximum absolute atomic E-state index is 2.37. The molecule has 4 heteroatoms. The van der Waals surface area contributed by atoms with Gasteiger partial charge in [0.05, 0.1) is 22.1 Å². The Balaban J connectivity index is 0.000000150. The molecular formula is C132H90N4. The standard InChI is InChI=1S/C70H48N2.C62H42N2/c1-3-12-49(13-4-1)55-34-41-62(42-35-55)71(64-45-38-59(39-46-64)66-20-11-15-58-14-7-8-18-65(58)66)63-43-36-56(37-44-63)54-28-26-51(27-29-54)50-22-24-52(25-23-50)53-30-32-57(33-31-53)60-40-47-70-68(48-60)67-19-9-10-21-69(67)72(70)61-16-5-2-6-17-61;1-2-16-51(17-3-1)64-61-23-9-8-20-59(61)60-42-50(34-41-62(60)64)45-26-24-43(25-27-45)44-28-35-52(36-29-44)63(53-37-30-48(31-38-53)57-21-10-14-46-12-4-6-18-55(46)57)54-39-32-49(33-40-54)58-22-11-15-47-13-5-7-19-56(47)58/h1-48H;1-42H. The molecule has 0 atom stereocenters. The fourth-order valence-corrected chi connectivity index (χ4v) is 20.2. The molecule has 25 rings (SSSR count). The van der Waals surface area contributed by atoms with Crippen molar-refractivity contribution in [2.75, 3.05) is 9.80 Å². The number of nitrogens with zero attached hydrogens (tertiary/aromatic N) is 4. The van der Waals surface area contributed by atoms with Gasteiger partial charge in [-0.2, -0.15) is 0 Å². The Bertz CT molecular complexity index is 8510. The number of anilines is 6. The highest BCUT2D eigenvalue weighted by Crippen LogP contribution is 2.45. The summed E-state index contributed by atoms with van der Waals surface area (Å²) in [5.41, 5.74) is 37.8. The van der Waals surface area contributed by atoms with Crippen molar-refractivity contribution in [1.82, 2.24) is 9.13 Å². The molecule has 0 amide bonds. The van der Waals surface area contributed by atoms with Crippen molar-refractivity contribution in [3.63, 3.8) is 0 Å². The van der Waals surface area contributed by atoms with Gasteiger partial charge in [0.15, 0.2) is 0 Å². The molecule has 0 saturated carbocycles. The molecule has 0 bridgehead atoms. The lowest BCUT2D eigenvalue weighted by Crippen LogP contribution is -2.09. The van der Waals surface area contributed by atoms with Crippen molar-refractivity contribution in [1.29, 1.82) is 0 Å². The average molecular weight is 1730 g/mol. The van der Waals surface area contributed by atoms with Crippen LogP contribution in [0.15, 0.2) is 546 Å². The first kappa shape index (κ1) is 81.3. The Morgan fingerprint density at radius 3 is 0.588 bits per heavy atom. The van der Waals surface area contributed by atoms with Crippen LogP contribution in [-0.4, -0.2) is 9.13 Å². The number of fused-ring (bicyclic) bond motifs is 9. The van der Waals surface area contributed by atoms with Crippen LogP contribution in [0, 0.1) is 0 Å². The van der Waals surface area contributed by atoms with E-state index in [9.17, 15) is 0 Å². The van der Waals surface area contributed by atoms with Gasteiger partial charge in [-0.1, -0.05) is 413 Å². The van der Waals surface area contributed by atoms with E-state index in [1.165, 1.54) is 199 Å². The third kappa shape index (κ3) is 15.7. The number of benzene rings is 23. The fourth-order valence-electron chi connectivity index (χ4n) is 20.2. The Labute approximate surface area is 792 Å². The number of para-hydroxylation sites is 4. The molecule has 136 heavy (non-hydrogen) atoms. The SMILES string of the molecule is c1ccc(-c2ccc(N(c3ccc(-c4ccc(-c5ccc(-c6ccc(-c7ccc8c(c7)c7ccccc7n8-c7ccccc7)cc6)cc5)cc4)cc3)c3ccc(-c4cccc5ccccc45)cc3)cc2)cc1.c1ccc(-n2c3ccccc3c3cc(-c4ccc(-c5ccc(N(c6ccc(-c7cccc8ccccc78)cc6)c6ccc(-c7cccc8ccccc78)cc6)cc5)cc4)ccc32)cc1. The summed E-state index contributed by atoms with van der Waals surface area (Å²) in [6, 6.07) is 198. The van der Waals surface area contributed by atoms with Crippen LogP contribution in [0.4, 0.5) is 34.1 Å². The second-order valence-electron chi connectivity index (χ2n) is 35.0. The van der Waals surface area contributed by atoms with Crippen molar-refractivity contribution < 1.29 is 0 Å². The van der Waals surface area contributed by atoms with Crippen LogP contribution in [-0.2, 0) is 0 Å². The normalized spacial score (nSPS) is 11.4. The Hall–Kier alpha value is -18.0. The number of rotatable bonds is 18. The number of aromatic nitrogens is 2. The summed E-state index contributed by atoms with van der Waals surface area (Å²) < 4.78 is 4.73. The highest BCUT2D eigenvalue weighted by atomic mass is 15.1. The molecule has 0 aliphatic carbocycles. The molecule has 0 aliphatic rings. The van der Waals surface area contributed by atoms with Crippen LogP contribution in [0.3, 0.4) is 0 Å². The smallest absolute Gasteiger partial charge is 0.0541 e. The van der Waals surface area contributed by atoms with Gasteiger partial charge in [-0.25, -0.2) is 0 Å². The van der Waals surface area contributed by atoms with Crippen LogP contribution >= 0.6 is 0 Å². The van der Waals surface area contributed by atoms with Crippen molar-refractivity contribution in [2.24, 2.45) is 0 Å². The first-order valence-corrected chi connectivity index (χ1v) is 46.7. The highest BCUT2D eigenvalue weighted by Gasteiger charge is 2.22. The van der Waals surface area contributed by atoms with Crippen LogP contribution in [0.2, 0.25) is 0 Å². The van der Waals surface area contributed by atoms with E-state index in [0.717, 1.165) is 34.1 Å². The Morgan fingerprint density at radius 1 is 0.118 bits per heavy atom. The summed E-state index contributed by atoms with van der Waals surface area (Å²) in [7, 11) is 0. The van der Waals surface area contributed by atoms with Gasteiger partial charge in [0.2, 0.25) is 0 Å². The highest BCUT2D eigenvalue weighted by molar-refractivity contribution is 6.12. The predicted molar refractivity (Wildman–Crippen MR) is 578 cm³/mol. The van der Waals surface area contributed by atoms with E-state index in [2.05, 4.69) is 565 Å². The second-order valence-corrected chi connectivity index (χ2v) is 35.0. The summed E-state index contributed by atoms with van der Waals surface area (Å²) >= 11 is 0. The third-order valence-electron chi connectivity index (χ3n) is 27.1. The van der Waals surface area contributed by atoms with Crippen LogP contribution in [0.5, 0.6) is 0 Å². The van der Waals surface area contributed by atoms with Gasteiger partial charge in [-0.3, -0.25) is 0 Å². The molecule has 0 unspecified atom stereocenters. The largest absolute Gasteiger partial charge is 0.311 e. The van der Waals surface area contributed by atoms with E-state index in [1.807, 2.05) is 0 Å². The van der Waals surface area contributed by atoms with Gasteiger partial charge < -0.3 is 18.9 Å². The Morgan fingerprint density at radius 2 is 0.309 bits per heavy atom. The molecule has 638 valence electrons. The van der Waals surface area contributed by atoms with Crippen LogP contribution in [0.25, 0.3) is 199 Å². The lowest BCUT2D eigenvalue weighted by molar-refractivity contribution is 1.18. The first-order valence-electron chi connectivity index (χ1n) is 46.7. The molecule has 2 aromatic heterocycles. The summed E-state index contributed by atoms with van der Waals surface area (Å²) in [5, 5.41) is 12.6. The van der Waals surface area contributed by atoms with Gasteiger partial charge in [0, 0.05) is 67.0 Å². The van der Waals surface area contributed by atoms with Crippen molar-refractivity contribution in [3.05, 3.63) is 546 Å². The lowest BCUT2D eigenvalue weighted by atomic mass is 9.96. The van der Waals surface area contributed by atoms with Crippen molar-refractivity contribution >= 4 is 110 Å². The van der Waals surface area contributed by atoms with Crippen LogP contribution in [0.1, 0.15) is 0 Å². The molecule has 2 heterocycles. The number of hydrogen-bond donors (Lipinski definition) is 0. The molecule has 0 saturated heterocycles. The molecule has 23 aromatic carbocycles. The van der Waals surface area contributed by atoms with Gasteiger partial charge in [-0.05, 0) is 277 Å². The summed E-state index contributed by atoms with van der Waals surface area (Å²) in [4.78, 5) is 4.71. The first-order chi connectivity index (χ1) is 67.4. The van der Waals surface area contributed by atoms with Crippen molar-refractivity contribution in [3.8, 4) is 123 Å². The zero-order valence-electron chi connectivity index (χ0n) is 74.8.